The van der Waals surface area contributed by atoms with Gasteiger partial charge in [-0.05, 0) is 18.2 Å². The van der Waals surface area contributed by atoms with Crippen molar-refractivity contribution in [3.8, 4) is 0 Å². The Morgan fingerprint density at radius 2 is 1.93 bits per heavy atom. The van der Waals surface area contributed by atoms with E-state index in [1.807, 2.05) is 18.2 Å². The van der Waals surface area contributed by atoms with Crippen molar-refractivity contribution in [2.45, 2.75) is 6.92 Å². The number of carbonyl (C=O) groups is 1. The Bertz CT molecular complexity index is 318. The smallest absolute Gasteiger partial charge is 0.875 e. The first-order valence-corrected chi connectivity index (χ1v) is 3.90. The number of para-hydroxylation sites is 1. The molecule has 68 valence electrons. The minimum atomic E-state index is -0.390. The molecule has 0 aliphatic heterocycles. The zero-order valence-electron chi connectivity index (χ0n) is 8.28. The maximum absolute atomic E-state index is 11.0. The molecule has 0 saturated carbocycles. The first kappa shape index (κ1) is 13.2. The fourth-order valence-corrected chi connectivity index (χ4v) is 0.884. The molecule has 0 heterocycles. The van der Waals surface area contributed by atoms with Crippen molar-refractivity contribution in [1.82, 2.24) is 0 Å². The van der Waals surface area contributed by atoms with Crippen molar-refractivity contribution in [2.75, 3.05) is 5.32 Å². The fourth-order valence-electron chi connectivity index (χ4n) is 0.884. The molecule has 0 bridgehead atoms. The monoisotopic (exact) mass is 199 g/mol. The molecule has 0 radical (unpaired) electrons. The van der Waals surface area contributed by atoms with Crippen LogP contribution in [0.3, 0.4) is 0 Å². The number of anilines is 1. The van der Waals surface area contributed by atoms with Gasteiger partial charge in [0.25, 0.3) is 0 Å². The molecule has 0 aromatic heterocycles. The van der Waals surface area contributed by atoms with Crippen molar-refractivity contribution >= 4 is 11.6 Å². The van der Waals surface area contributed by atoms with Crippen LogP contribution in [-0.4, -0.2) is 5.91 Å². The van der Waals surface area contributed by atoms with Crippen LogP contribution in [0.1, 0.15) is 6.92 Å². The van der Waals surface area contributed by atoms with E-state index in [1.165, 1.54) is 6.92 Å². The summed E-state index contributed by atoms with van der Waals surface area (Å²) in [4.78, 5) is 11.0. The summed E-state index contributed by atoms with van der Waals surface area (Å²) in [6, 6.07) is 8.98. The second kappa shape index (κ2) is 6.65. The van der Waals surface area contributed by atoms with Gasteiger partial charge in [0.05, 0.1) is 0 Å². The molecule has 0 unspecified atom stereocenters. The summed E-state index contributed by atoms with van der Waals surface area (Å²) in [7, 11) is 0. The number of hydrogen-bond donors (Lipinski definition) is 1. The first-order valence-electron chi connectivity index (χ1n) is 3.90. The molecule has 1 aromatic rings. The van der Waals surface area contributed by atoms with Crippen LogP contribution >= 0.6 is 0 Å². The predicted molar refractivity (Wildman–Crippen MR) is 48.8 cm³/mol. The van der Waals surface area contributed by atoms with Crippen LogP contribution in [0, 0.1) is 0 Å². The van der Waals surface area contributed by atoms with E-state index in [-0.39, 0.29) is 35.3 Å². The third-order valence-electron chi connectivity index (χ3n) is 1.38. The Balaban J connectivity index is 0.00000169. The van der Waals surface area contributed by atoms with Gasteiger partial charge in [0, 0.05) is 5.69 Å². The average molecular weight is 199 g/mol. The van der Waals surface area contributed by atoms with Gasteiger partial charge in [-0.15, -0.1) is 5.76 Å². The van der Waals surface area contributed by atoms with E-state index >= 15 is 0 Å². The second-order valence-corrected chi connectivity index (χ2v) is 2.61. The molecular weight excluding hydrogens is 189 g/mol. The third kappa shape index (κ3) is 5.07. The Morgan fingerprint density at radius 3 is 2.43 bits per heavy atom. The molecule has 4 heteroatoms. The molecule has 0 fully saturated rings. The van der Waals surface area contributed by atoms with Crippen molar-refractivity contribution in [2.24, 2.45) is 0 Å². The van der Waals surface area contributed by atoms with Crippen molar-refractivity contribution < 1.29 is 39.5 Å². The number of benzene rings is 1. The Morgan fingerprint density at radius 1 is 1.36 bits per heavy atom. The van der Waals surface area contributed by atoms with E-state index in [1.54, 1.807) is 12.1 Å². The topological polar surface area (TPSA) is 52.2 Å². The first-order chi connectivity index (χ1) is 6.18. The molecular formula is C10H10NNaO2. The molecule has 14 heavy (non-hydrogen) atoms. The van der Waals surface area contributed by atoms with Crippen LogP contribution in [0.2, 0.25) is 0 Å². The number of hydrogen-bond acceptors (Lipinski definition) is 2. The van der Waals surface area contributed by atoms with Crippen LogP contribution in [0.25, 0.3) is 0 Å². The second-order valence-electron chi connectivity index (χ2n) is 2.61. The predicted octanol–water partition coefficient (Wildman–Crippen LogP) is -2.11. The molecule has 0 spiro atoms. The Labute approximate surface area is 105 Å². The van der Waals surface area contributed by atoms with Crippen LogP contribution in [0.15, 0.2) is 42.2 Å². The van der Waals surface area contributed by atoms with Crippen molar-refractivity contribution in [3.05, 3.63) is 42.2 Å². The van der Waals surface area contributed by atoms with Gasteiger partial charge in [-0.2, -0.15) is 0 Å². The molecule has 1 aromatic carbocycles. The molecule has 0 aliphatic rings. The van der Waals surface area contributed by atoms with Crippen LogP contribution in [-0.2, 0) is 4.79 Å². The SMILES string of the molecule is C/C([O-])=C/C(=O)Nc1ccccc1.[Na+]. The molecule has 1 N–H and O–H groups in total. The summed E-state index contributed by atoms with van der Waals surface area (Å²) in [5.74, 6) is -0.646. The van der Waals surface area contributed by atoms with E-state index in [2.05, 4.69) is 5.32 Å². The number of rotatable bonds is 2. The van der Waals surface area contributed by atoms with E-state index in [0.29, 0.717) is 5.69 Å². The standard InChI is InChI=1S/C10H11NO2.Na/c1-8(12)7-10(13)11-9-5-3-2-4-6-9;/h2-7,12H,1H3,(H,11,13);/q;+1/p-1/b8-7-;. The molecule has 0 aliphatic carbocycles. The summed E-state index contributed by atoms with van der Waals surface area (Å²) in [5, 5.41) is 13.1. The third-order valence-corrected chi connectivity index (χ3v) is 1.38. The van der Waals surface area contributed by atoms with E-state index in [4.69, 9.17) is 0 Å². The molecule has 1 amide bonds. The van der Waals surface area contributed by atoms with Crippen molar-refractivity contribution in [3.63, 3.8) is 0 Å². The average Bonchev–Trinajstić information content (AvgIpc) is 2.04. The molecule has 3 nitrogen and oxygen atoms in total. The fraction of sp³-hybridized carbons (Fsp3) is 0.100. The van der Waals surface area contributed by atoms with Gasteiger partial charge in [0.1, 0.15) is 0 Å². The van der Waals surface area contributed by atoms with Gasteiger partial charge >= 0.3 is 29.6 Å². The number of allylic oxidation sites excluding steroid dienone is 1. The maximum atomic E-state index is 11.0. The minimum Gasteiger partial charge on any atom is -0.875 e. The number of carbonyl (C=O) groups excluding carboxylic acids is 1. The largest absolute Gasteiger partial charge is 1.00 e. The van der Waals surface area contributed by atoms with Gasteiger partial charge in [0.15, 0.2) is 0 Å². The minimum absolute atomic E-state index is 0. The summed E-state index contributed by atoms with van der Waals surface area (Å²) in [6.45, 7) is 1.34. The quantitative estimate of drug-likeness (QED) is 0.337. The van der Waals surface area contributed by atoms with Crippen molar-refractivity contribution in [1.29, 1.82) is 0 Å². The summed E-state index contributed by atoms with van der Waals surface area (Å²) < 4.78 is 0. The zero-order valence-corrected chi connectivity index (χ0v) is 10.3. The normalized spacial score (nSPS) is 10.2. The molecule has 1 rings (SSSR count). The number of nitrogens with one attached hydrogen (secondary N) is 1. The number of amides is 1. The van der Waals surface area contributed by atoms with E-state index < -0.39 is 5.91 Å². The van der Waals surface area contributed by atoms with Crippen LogP contribution < -0.4 is 40.0 Å². The molecule has 0 saturated heterocycles. The molecule has 0 atom stereocenters. The Kier molecular flexibility index (Phi) is 6.28. The van der Waals surface area contributed by atoms with Crippen LogP contribution in [0.5, 0.6) is 0 Å². The van der Waals surface area contributed by atoms with Gasteiger partial charge in [-0.1, -0.05) is 25.1 Å². The van der Waals surface area contributed by atoms with Gasteiger partial charge < -0.3 is 10.4 Å². The van der Waals surface area contributed by atoms with Gasteiger partial charge in [-0.3, -0.25) is 4.79 Å². The summed E-state index contributed by atoms with van der Waals surface area (Å²) >= 11 is 0. The summed E-state index contributed by atoms with van der Waals surface area (Å²) in [5.41, 5.74) is 0.685. The zero-order chi connectivity index (χ0) is 9.68. The van der Waals surface area contributed by atoms with Gasteiger partial charge in [-0.25, -0.2) is 0 Å². The van der Waals surface area contributed by atoms with E-state index in [9.17, 15) is 9.90 Å². The van der Waals surface area contributed by atoms with Gasteiger partial charge in [0.2, 0.25) is 5.91 Å². The summed E-state index contributed by atoms with van der Waals surface area (Å²) in [6.07, 6.45) is 1.02. The maximum Gasteiger partial charge on any atom is 1.00 e. The van der Waals surface area contributed by atoms with Crippen LogP contribution in [0.4, 0.5) is 5.69 Å². The van der Waals surface area contributed by atoms with E-state index in [0.717, 1.165) is 6.08 Å². The Hall–Kier alpha value is -0.770.